The summed E-state index contributed by atoms with van der Waals surface area (Å²) in [5.74, 6) is 3.03. The highest BCUT2D eigenvalue weighted by Crippen LogP contribution is 2.39. The number of methoxy groups -OCH3 is 6. The first-order valence-corrected chi connectivity index (χ1v) is 13.8. The Morgan fingerprint density at radius 3 is 1.19 bits per heavy atom. The monoisotopic (exact) mass is 592 g/mol. The van der Waals surface area contributed by atoms with E-state index in [4.69, 9.17) is 28.4 Å². The number of benzene rings is 2. The average molecular weight is 593 g/mol. The van der Waals surface area contributed by atoms with Crippen LogP contribution in [0.15, 0.2) is 60.7 Å². The number of ether oxygens (including phenoxy) is 6. The zero-order valence-electron chi connectivity index (χ0n) is 25.6. The number of amides is 2. The van der Waals surface area contributed by atoms with E-state index in [0.717, 1.165) is 11.1 Å². The lowest BCUT2D eigenvalue weighted by molar-refractivity contribution is -0.128. The fourth-order valence-corrected chi connectivity index (χ4v) is 4.57. The Labute approximate surface area is 253 Å². The maximum Gasteiger partial charge on any atom is 0.246 e. The molecule has 0 unspecified atom stereocenters. The van der Waals surface area contributed by atoms with E-state index in [1.165, 1.54) is 12.2 Å². The predicted octanol–water partition coefficient (Wildman–Crippen LogP) is 4.64. The topological polar surface area (TPSA) is 96.0 Å². The summed E-state index contributed by atoms with van der Waals surface area (Å²) < 4.78 is 32.2. The molecule has 2 aromatic rings. The summed E-state index contributed by atoms with van der Waals surface area (Å²) in [4.78, 5) is 29.1. The highest BCUT2D eigenvalue weighted by molar-refractivity contribution is 5.89. The first-order chi connectivity index (χ1) is 20.9. The second-order valence-electron chi connectivity index (χ2n) is 9.36. The molecule has 0 bridgehead atoms. The smallest absolute Gasteiger partial charge is 0.246 e. The van der Waals surface area contributed by atoms with E-state index in [9.17, 15) is 9.59 Å². The first-order valence-electron chi connectivity index (χ1n) is 13.8. The van der Waals surface area contributed by atoms with Crippen LogP contribution in [0.25, 0.3) is 12.2 Å². The van der Waals surface area contributed by atoms with Crippen molar-refractivity contribution in [2.75, 3.05) is 68.8 Å². The molecule has 1 aliphatic heterocycles. The molecule has 2 amide bonds. The second kappa shape index (κ2) is 16.5. The largest absolute Gasteiger partial charge is 0.493 e. The standard InChI is InChI=1S/C33H40N2O8/c1-38-26-20-24(21-27(39-2)32(26)42-5)12-7-9-14-30(36)34-16-11-17-35(19-18-34)31(37)15-10-8-13-25-22-28(40-3)33(43-6)29(23-25)41-4/h7-10,12-15,20-23H,11,16-19H2,1-6H3/b12-7+,13-8+,14-9+,15-10+. The van der Waals surface area contributed by atoms with Crippen molar-refractivity contribution in [1.82, 2.24) is 9.80 Å². The molecule has 1 heterocycles. The molecule has 0 atom stereocenters. The summed E-state index contributed by atoms with van der Waals surface area (Å²) in [7, 11) is 9.35. The van der Waals surface area contributed by atoms with Crippen LogP contribution in [0.3, 0.4) is 0 Å². The first kappa shape index (κ1) is 32.7. The summed E-state index contributed by atoms with van der Waals surface area (Å²) in [6, 6.07) is 7.30. The number of carbonyl (C=O) groups is 2. The van der Waals surface area contributed by atoms with Gasteiger partial charge in [0.25, 0.3) is 0 Å². The van der Waals surface area contributed by atoms with Gasteiger partial charge < -0.3 is 38.2 Å². The van der Waals surface area contributed by atoms with Gasteiger partial charge in [-0.05, 0) is 41.8 Å². The molecule has 0 aliphatic carbocycles. The van der Waals surface area contributed by atoms with E-state index in [1.54, 1.807) is 76.8 Å². The molecule has 10 nitrogen and oxygen atoms in total. The Morgan fingerprint density at radius 2 is 0.884 bits per heavy atom. The van der Waals surface area contributed by atoms with E-state index < -0.39 is 0 Å². The van der Waals surface area contributed by atoms with E-state index in [0.29, 0.717) is 67.1 Å². The van der Waals surface area contributed by atoms with Crippen LogP contribution in [0, 0.1) is 0 Å². The summed E-state index contributed by atoms with van der Waals surface area (Å²) in [5, 5.41) is 0. The lowest BCUT2D eigenvalue weighted by Crippen LogP contribution is -2.36. The molecule has 230 valence electrons. The van der Waals surface area contributed by atoms with Gasteiger partial charge in [0.2, 0.25) is 23.3 Å². The Kier molecular flexibility index (Phi) is 12.6. The molecular formula is C33H40N2O8. The SMILES string of the molecule is COc1cc(/C=C/C=C/C(=O)N2CCCN(C(=O)/C=C/C=C/c3cc(OC)c(OC)c(OC)c3)CC2)cc(OC)c1OC. The van der Waals surface area contributed by atoms with Crippen LogP contribution < -0.4 is 28.4 Å². The third-order valence-electron chi connectivity index (χ3n) is 6.77. The highest BCUT2D eigenvalue weighted by atomic mass is 16.5. The Balaban J connectivity index is 1.54. The van der Waals surface area contributed by atoms with Crippen LogP contribution >= 0.6 is 0 Å². The van der Waals surface area contributed by atoms with Crippen molar-refractivity contribution in [2.45, 2.75) is 6.42 Å². The number of hydrogen-bond acceptors (Lipinski definition) is 8. The quantitative estimate of drug-likeness (QED) is 0.260. The second-order valence-corrected chi connectivity index (χ2v) is 9.36. The number of nitrogens with zero attached hydrogens (tertiary/aromatic N) is 2. The van der Waals surface area contributed by atoms with Crippen molar-refractivity contribution in [3.05, 3.63) is 71.8 Å². The number of carbonyl (C=O) groups excluding carboxylic acids is 2. The van der Waals surface area contributed by atoms with Crippen molar-refractivity contribution in [1.29, 1.82) is 0 Å². The molecule has 43 heavy (non-hydrogen) atoms. The predicted molar refractivity (Wildman–Crippen MR) is 166 cm³/mol. The van der Waals surface area contributed by atoms with Crippen LogP contribution in [-0.4, -0.2) is 90.5 Å². The molecule has 0 saturated carbocycles. The molecule has 0 N–H and O–H groups in total. The minimum Gasteiger partial charge on any atom is -0.493 e. The van der Waals surface area contributed by atoms with Crippen LogP contribution in [-0.2, 0) is 9.59 Å². The van der Waals surface area contributed by atoms with E-state index in [2.05, 4.69) is 0 Å². The summed E-state index contributed by atoms with van der Waals surface area (Å²) >= 11 is 0. The van der Waals surface area contributed by atoms with Gasteiger partial charge in [-0.1, -0.05) is 36.5 Å². The maximum atomic E-state index is 12.8. The van der Waals surface area contributed by atoms with E-state index >= 15 is 0 Å². The van der Waals surface area contributed by atoms with Crippen LogP contribution in [0.4, 0.5) is 0 Å². The summed E-state index contributed by atoms with van der Waals surface area (Å²) in [6.45, 7) is 2.07. The van der Waals surface area contributed by atoms with Gasteiger partial charge in [0, 0.05) is 38.3 Å². The molecular weight excluding hydrogens is 552 g/mol. The lowest BCUT2D eigenvalue weighted by Gasteiger charge is -2.20. The molecule has 1 saturated heterocycles. The van der Waals surface area contributed by atoms with Crippen molar-refractivity contribution in [3.8, 4) is 34.5 Å². The fraction of sp³-hybridized carbons (Fsp3) is 0.333. The third-order valence-corrected chi connectivity index (χ3v) is 6.77. The minimum atomic E-state index is -0.104. The third kappa shape index (κ3) is 8.81. The summed E-state index contributed by atoms with van der Waals surface area (Å²) in [5.41, 5.74) is 1.67. The lowest BCUT2D eigenvalue weighted by atomic mass is 10.1. The normalized spacial score (nSPS) is 14.0. The molecule has 0 spiro atoms. The van der Waals surface area contributed by atoms with Gasteiger partial charge in [0.05, 0.1) is 42.7 Å². The average Bonchev–Trinajstić information content (AvgIpc) is 3.30. The molecule has 1 fully saturated rings. The molecule has 1 aliphatic rings. The van der Waals surface area contributed by atoms with Crippen LogP contribution in [0.2, 0.25) is 0 Å². The van der Waals surface area contributed by atoms with Crippen molar-refractivity contribution in [3.63, 3.8) is 0 Å². The molecule has 0 radical (unpaired) electrons. The van der Waals surface area contributed by atoms with Crippen molar-refractivity contribution >= 4 is 24.0 Å². The molecule has 0 aromatic heterocycles. The van der Waals surface area contributed by atoms with Gasteiger partial charge in [-0.25, -0.2) is 0 Å². The number of hydrogen-bond donors (Lipinski definition) is 0. The van der Waals surface area contributed by atoms with Crippen molar-refractivity contribution in [2.24, 2.45) is 0 Å². The van der Waals surface area contributed by atoms with Gasteiger partial charge in [-0.15, -0.1) is 0 Å². The van der Waals surface area contributed by atoms with Crippen LogP contribution in [0.1, 0.15) is 17.5 Å². The van der Waals surface area contributed by atoms with Gasteiger partial charge in [0.1, 0.15) is 0 Å². The number of allylic oxidation sites excluding steroid dienone is 4. The molecule has 2 aromatic carbocycles. The van der Waals surface area contributed by atoms with E-state index in [-0.39, 0.29) is 11.8 Å². The van der Waals surface area contributed by atoms with Crippen LogP contribution in [0.5, 0.6) is 34.5 Å². The highest BCUT2D eigenvalue weighted by Gasteiger charge is 2.19. The maximum absolute atomic E-state index is 12.8. The van der Waals surface area contributed by atoms with Gasteiger partial charge in [0.15, 0.2) is 23.0 Å². The van der Waals surface area contributed by atoms with Crippen molar-refractivity contribution < 1.29 is 38.0 Å². The van der Waals surface area contributed by atoms with Gasteiger partial charge >= 0.3 is 0 Å². The summed E-state index contributed by atoms with van der Waals surface area (Å²) in [6.07, 6.45) is 14.4. The van der Waals surface area contributed by atoms with Gasteiger partial charge in [-0.3, -0.25) is 9.59 Å². The Hall–Kier alpha value is -4.86. The Morgan fingerprint density at radius 1 is 0.535 bits per heavy atom. The molecule has 10 heteroatoms. The minimum absolute atomic E-state index is 0.104. The Bertz CT molecular complexity index is 1230. The molecule has 3 rings (SSSR count). The number of rotatable bonds is 12. The fourth-order valence-electron chi connectivity index (χ4n) is 4.57. The van der Waals surface area contributed by atoms with Gasteiger partial charge in [-0.2, -0.15) is 0 Å². The zero-order chi connectivity index (χ0) is 31.2. The zero-order valence-corrected chi connectivity index (χ0v) is 25.6. The van der Waals surface area contributed by atoms with E-state index in [1.807, 2.05) is 36.4 Å².